The van der Waals surface area contributed by atoms with Gasteiger partial charge in [-0.3, -0.25) is 9.40 Å². The van der Waals surface area contributed by atoms with E-state index in [2.05, 4.69) is 15.5 Å². The van der Waals surface area contributed by atoms with Gasteiger partial charge in [-0.15, -0.1) is 0 Å². The summed E-state index contributed by atoms with van der Waals surface area (Å²) in [6, 6.07) is 21.0. The van der Waals surface area contributed by atoms with Crippen LogP contribution in [0.25, 0.3) is 22.2 Å². The molecule has 0 aliphatic carbocycles. The Morgan fingerprint density at radius 1 is 1.05 bits per heavy atom. The van der Waals surface area contributed by atoms with Crippen LogP contribution in [0.4, 0.5) is 0 Å². The predicted molar refractivity (Wildman–Crippen MR) is 148 cm³/mol. The number of esters is 1. The number of nitrogens with one attached hydrogen (secondary N) is 1. The van der Waals surface area contributed by atoms with Gasteiger partial charge in [-0.1, -0.05) is 54.6 Å². The number of carbonyl (C=O) groups is 1. The SMILES string of the molecule is CCOc1nc2cccc(C(=O)OCc3oc(=O)oc3C)c2n1Cc1ccc(-c2ccccc2C2=NC([O-])ON2)cc1.[K+]. The van der Waals surface area contributed by atoms with Crippen molar-refractivity contribution in [1.29, 1.82) is 0 Å². The third-order valence-corrected chi connectivity index (χ3v) is 6.67. The maximum Gasteiger partial charge on any atom is 1.00 e. The fourth-order valence-electron chi connectivity index (χ4n) is 4.73. The number of imidazole rings is 1. The second-order valence-electron chi connectivity index (χ2n) is 9.34. The molecule has 0 bridgehead atoms. The number of hydrogen-bond donors (Lipinski definition) is 1. The maximum absolute atomic E-state index is 13.2. The van der Waals surface area contributed by atoms with Crippen molar-refractivity contribution < 1.29 is 84.4 Å². The van der Waals surface area contributed by atoms with Crippen LogP contribution in [-0.4, -0.2) is 34.4 Å². The molecular weight excluding hydrogens is 583 g/mol. The smallest absolute Gasteiger partial charge is 0.811 e. The zero-order chi connectivity index (χ0) is 29.2. The summed E-state index contributed by atoms with van der Waals surface area (Å²) >= 11 is 0. The molecule has 6 rings (SSSR count). The van der Waals surface area contributed by atoms with E-state index in [1.54, 1.807) is 25.1 Å². The van der Waals surface area contributed by atoms with E-state index < -0.39 is 18.2 Å². The van der Waals surface area contributed by atoms with Crippen molar-refractivity contribution >= 4 is 22.8 Å². The van der Waals surface area contributed by atoms with E-state index in [9.17, 15) is 14.7 Å². The molecule has 0 spiro atoms. The van der Waals surface area contributed by atoms with Crippen molar-refractivity contribution in [3.63, 3.8) is 0 Å². The zero-order valence-corrected chi connectivity index (χ0v) is 26.8. The average Bonchev–Trinajstić information content (AvgIpc) is 3.68. The molecule has 214 valence electrons. The van der Waals surface area contributed by atoms with Gasteiger partial charge in [0.2, 0.25) is 0 Å². The number of carbonyl (C=O) groups excluding carboxylic acids is 1. The number of hydroxylamine groups is 1. The molecule has 12 nitrogen and oxygen atoms in total. The van der Waals surface area contributed by atoms with Gasteiger partial charge in [-0.25, -0.2) is 20.1 Å². The molecule has 0 radical (unpaired) electrons. The second kappa shape index (κ2) is 13.4. The molecule has 43 heavy (non-hydrogen) atoms. The summed E-state index contributed by atoms with van der Waals surface area (Å²) in [7, 11) is 0. The van der Waals surface area contributed by atoms with Crippen molar-refractivity contribution in [3.05, 3.63) is 106 Å². The monoisotopic (exact) mass is 608 g/mol. The van der Waals surface area contributed by atoms with Gasteiger partial charge in [0.15, 0.2) is 24.0 Å². The van der Waals surface area contributed by atoms with Crippen molar-refractivity contribution in [1.82, 2.24) is 15.0 Å². The molecule has 0 amide bonds. The number of rotatable bonds is 9. The molecule has 13 heteroatoms. The Morgan fingerprint density at radius 2 is 1.81 bits per heavy atom. The van der Waals surface area contributed by atoms with Gasteiger partial charge in [-0.05, 0) is 42.7 Å². The van der Waals surface area contributed by atoms with Gasteiger partial charge in [-0.2, -0.15) is 4.98 Å². The van der Waals surface area contributed by atoms with Crippen LogP contribution in [0.15, 0.2) is 85.4 Å². The molecule has 0 saturated heterocycles. The first kappa shape index (κ1) is 30.9. The Balaban J connectivity index is 0.00000368. The van der Waals surface area contributed by atoms with Crippen LogP contribution in [0, 0.1) is 6.92 Å². The van der Waals surface area contributed by atoms with Crippen LogP contribution < -0.4 is 72.5 Å². The number of amidine groups is 1. The van der Waals surface area contributed by atoms with Crippen LogP contribution >= 0.6 is 0 Å². The molecule has 3 heterocycles. The summed E-state index contributed by atoms with van der Waals surface area (Å²) in [5.74, 6) is -0.708. The standard InChI is InChI=1S/C30H25N4O8.K/c1-3-38-28-31-23-10-6-9-22(27(35)39-16-24-17(2)40-30(37)41-24)25(23)34(28)15-18-11-13-19(14-12-18)20-7-4-5-8-21(20)26-32-29(36)42-33-26;/h4-14,29H,3,15-16H2,1-2H3,(H,32,33);/q-1;+1. The van der Waals surface area contributed by atoms with E-state index in [1.165, 1.54) is 0 Å². The normalized spacial score (nSPS) is 14.2. The first-order chi connectivity index (χ1) is 20.4. The number of nitrogens with zero attached hydrogens (tertiary/aromatic N) is 3. The number of fused-ring (bicyclic) bond motifs is 1. The Bertz CT molecular complexity index is 1860. The van der Waals surface area contributed by atoms with Crippen LogP contribution in [0.3, 0.4) is 0 Å². The summed E-state index contributed by atoms with van der Waals surface area (Å²) < 4.78 is 22.9. The maximum atomic E-state index is 13.2. The fraction of sp³-hybridized carbons (Fsp3) is 0.200. The minimum absolute atomic E-state index is 0. The van der Waals surface area contributed by atoms with E-state index in [1.807, 2.05) is 60.0 Å². The summed E-state index contributed by atoms with van der Waals surface area (Å²) in [5, 5.41) is 11.6. The fourth-order valence-corrected chi connectivity index (χ4v) is 4.73. The Kier molecular flexibility index (Phi) is 9.61. The van der Waals surface area contributed by atoms with Crippen LogP contribution in [0.5, 0.6) is 6.01 Å². The Hall–Kier alpha value is -3.56. The molecule has 0 saturated carbocycles. The molecular formula is C30H25KN4O8. The van der Waals surface area contributed by atoms with E-state index in [4.69, 9.17) is 23.1 Å². The van der Waals surface area contributed by atoms with Gasteiger partial charge in [0.05, 0.1) is 29.7 Å². The minimum atomic E-state index is -1.50. The van der Waals surface area contributed by atoms with Gasteiger partial charge in [0.25, 0.3) is 6.01 Å². The number of aliphatic imine (C=N–C) groups is 1. The predicted octanol–water partition coefficient (Wildman–Crippen LogP) is 0.291. The number of hydrogen-bond acceptors (Lipinski definition) is 11. The number of aromatic nitrogens is 2. The van der Waals surface area contributed by atoms with Crippen molar-refractivity contribution in [2.24, 2.45) is 4.99 Å². The third-order valence-electron chi connectivity index (χ3n) is 6.67. The number of aryl methyl sites for hydroxylation is 1. The Labute approximate surface area is 287 Å². The molecule has 0 fully saturated rings. The second-order valence-corrected chi connectivity index (χ2v) is 9.34. The molecule has 1 N–H and O–H groups in total. The summed E-state index contributed by atoms with van der Waals surface area (Å²) in [4.78, 5) is 38.0. The first-order valence-corrected chi connectivity index (χ1v) is 13.1. The topological polar surface area (TPSA) is 153 Å². The van der Waals surface area contributed by atoms with E-state index in [0.29, 0.717) is 36.0 Å². The third kappa shape index (κ3) is 6.52. The van der Waals surface area contributed by atoms with Crippen molar-refractivity contribution in [3.8, 4) is 17.1 Å². The largest absolute Gasteiger partial charge is 1.00 e. The molecule has 1 atom stereocenters. The number of ether oxygens (including phenoxy) is 2. The Morgan fingerprint density at radius 3 is 2.49 bits per heavy atom. The average molecular weight is 609 g/mol. The van der Waals surface area contributed by atoms with Crippen molar-refractivity contribution in [2.75, 3.05) is 6.61 Å². The molecule has 1 aliphatic heterocycles. The van der Waals surface area contributed by atoms with E-state index in [-0.39, 0.29) is 75.1 Å². The van der Waals surface area contributed by atoms with Gasteiger partial charge in [0, 0.05) is 5.56 Å². The molecule has 1 unspecified atom stereocenters. The number of benzene rings is 3. The quantitative estimate of drug-likeness (QED) is 0.183. The van der Waals surface area contributed by atoms with Crippen LogP contribution in [-0.2, 0) is 22.7 Å². The zero-order valence-electron chi connectivity index (χ0n) is 23.7. The summed E-state index contributed by atoms with van der Waals surface area (Å²) in [6.45, 7) is 3.89. The van der Waals surface area contributed by atoms with Crippen LogP contribution in [0.1, 0.15) is 39.9 Å². The van der Waals surface area contributed by atoms with Crippen LogP contribution in [0.2, 0.25) is 0 Å². The first-order valence-electron chi connectivity index (χ1n) is 13.1. The van der Waals surface area contributed by atoms with E-state index in [0.717, 1.165) is 22.3 Å². The van der Waals surface area contributed by atoms with Crippen molar-refractivity contribution in [2.45, 2.75) is 33.4 Å². The van der Waals surface area contributed by atoms with E-state index >= 15 is 0 Å². The van der Waals surface area contributed by atoms with Gasteiger partial charge >= 0.3 is 63.2 Å². The van der Waals surface area contributed by atoms with Gasteiger partial charge < -0.3 is 23.4 Å². The number of para-hydroxylation sites is 1. The summed E-state index contributed by atoms with van der Waals surface area (Å²) in [5.41, 5.74) is 7.45. The molecule has 3 aromatic carbocycles. The minimum Gasteiger partial charge on any atom is -0.811 e. The summed E-state index contributed by atoms with van der Waals surface area (Å²) in [6.07, 6.45) is -1.50. The molecule has 1 aliphatic rings. The molecule has 5 aromatic rings. The van der Waals surface area contributed by atoms with Gasteiger partial charge in [0.1, 0.15) is 6.41 Å². The molecule has 2 aromatic heterocycles.